The second-order valence-electron chi connectivity index (χ2n) is 4.92. The Kier molecular flexibility index (Phi) is 4.98. The fourth-order valence-electron chi connectivity index (χ4n) is 1.89. The zero-order chi connectivity index (χ0) is 17.6. The predicted octanol–water partition coefficient (Wildman–Crippen LogP) is 3.14. The molecule has 0 amide bonds. The van der Waals surface area contributed by atoms with Crippen molar-refractivity contribution in [2.75, 3.05) is 6.61 Å². The molecule has 0 aliphatic heterocycles. The van der Waals surface area contributed by atoms with Crippen LogP contribution < -0.4 is 4.74 Å². The van der Waals surface area contributed by atoms with Gasteiger partial charge in [-0.2, -0.15) is 4.98 Å². The highest BCUT2D eigenvalue weighted by Crippen LogP contribution is 2.16. The summed E-state index contributed by atoms with van der Waals surface area (Å²) in [5.74, 6) is -0.727. The van der Waals surface area contributed by atoms with Crippen LogP contribution in [0.3, 0.4) is 0 Å². The van der Waals surface area contributed by atoms with Gasteiger partial charge >= 0.3 is 5.97 Å². The maximum atomic E-state index is 12.9. The maximum absolute atomic E-state index is 12.9. The molecule has 128 valence electrons. The molecule has 0 unspecified atom stereocenters. The Morgan fingerprint density at radius 2 is 1.64 bits per heavy atom. The van der Waals surface area contributed by atoms with E-state index < -0.39 is 11.8 Å². The molecule has 1 heterocycles. The van der Waals surface area contributed by atoms with Gasteiger partial charge in [-0.3, -0.25) is 0 Å². The van der Waals surface area contributed by atoms with E-state index in [4.69, 9.17) is 14.0 Å². The van der Waals surface area contributed by atoms with Crippen molar-refractivity contribution in [3.05, 3.63) is 66.1 Å². The number of carbonyl (C=O) groups is 1. The molecule has 0 saturated carbocycles. The number of ether oxygens (including phenoxy) is 2. The minimum absolute atomic E-state index is 0.0921. The quantitative estimate of drug-likeness (QED) is 0.639. The third-order valence-electron chi connectivity index (χ3n) is 3.10. The van der Waals surface area contributed by atoms with E-state index in [1.54, 1.807) is 0 Å². The summed E-state index contributed by atoms with van der Waals surface area (Å²) >= 11 is 0. The van der Waals surface area contributed by atoms with Crippen LogP contribution in [-0.4, -0.2) is 22.7 Å². The topological polar surface area (TPSA) is 74.5 Å². The van der Waals surface area contributed by atoms with E-state index in [2.05, 4.69) is 10.1 Å². The van der Waals surface area contributed by atoms with Crippen LogP contribution in [0.2, 0.25) is 0 Å². The van der Waals surface area contributed by atoms with Crippen LogP contribution in [0.5, 0.6) is 5.75 Å². The molecule has 0 aliphatic rings. The van der Waals surface area contributed by atoms with E-state index in [9.17, 15) is 13.6 Å². The van der Waals surface area contributed by atoms with Gasteiger partial charge in [0, 0.05) is 5.56 Å². The fraction of sp³-hybridized carbons (Fsp3) is 0.118. The normalized spacial score (nSPS) is 10.5. The summed E-state index contributed by atoms with van der Waals surface area (Å²) in [6.45, 7) is -0.565. The van der Waals surface area contributed by atoms with Crippen LogP contribution in [-0.2, 0) is 16.1 Å². The van der Waals surface area contributed by atoms with Crippen molar-refractivity contribution in [1.82, 2.24) is 10.1 Å². The first-order valence-corrected chi connectivity index (χ1v) is 7.23. The Morgan fingerprint density at radius 3 is 2.32 bits per heavy atom. The largest absolute Gasteiger partial charge is 0.482 e. The molecule has 6 nitrogen and oxygen atoms in total. The monoisotopic (exact) mass is 346 g/mol. The highest BCUT2D eigenvalue weighted by Gasteiger charge is 2.12. The Balaban J connectivity index is 1.49. The van der Waals surface area contributed by atoms with Crippen molar-refractivity contribution < 1.29 is 27.6 Å². The molecule has 0 atom stereocenters. The number of hydrogen-bond donors (Lipinski definition) is 0. The smallest absolute Gasteiger partial charge is 0.344 e. The lowest BCUT2D eigenvalue weighted by Gasteiger charge is -2.05. The molecule has 1 aromatic heterocycles. The number of nitrogens with zero attached hydrogens (tertiary/aromatic N) is 2. The van der Waals surface area contributed by atoms with Gasteiger partial charge in [0.15, 0.2) is 13.2 Å². The van der Waals surface area contributed by atoms with Gasteiger partial charge in [-0.05, 0) is 48.5 Å². The fourth-order valence-corrected chi connectivity index (χ4v) is 1.89. The van der Waals surface area contributed by atoms with Crippen molar-refractivity contribution >= 4 is 5.97 Å². The number of halogens is 2. The van der Waals surface area contributed by atoms with Crippen LogP contribution in [0.25, 0.3) is 11.4 Å². The Labute approximate surface area is 141 Å². The van der Waals surface area contributed by atoms with Crippen LogP contribution in [0.15, 0.2) is 53.1 Å². The van der Waals surface area contributed by atoms with Gasteiger partial charge in [-0.25, -0.2) is 13.6 Å². The van der Waals surface area contributed by atoms with Gasteiger partial charge in [0.1, 0.15) is 17.4 Å². The lowest BCUT2D eigenvalue weighted by atomic mass is 10.2. The average Bonchev–Trinajstić information content (AvgIpc) is 3.09. The van der Waals surface area contributed by atoms with Crippen molar-refractivity contribution in [2.45, 2.75) is 6.61 Å². The van der Waals surface area contributed by atoms with Crippen molar-refractivity contribution in [3.8, 4) is 17.1 Å². The predicted molar refractivity (Wildman–Crippen MR) is 81.4 cm³/mol. The van der Waals surface area contributed by atoms with E-state index in [0.717, 1.165) is 0 Å². The highest BCUT2D eigenvalue weighted by molar-refractivity contribution is 5.71. The van der Waals surface area contributed by atoms with E-state index in [0.29, 0.717) is 11.3 Å². The first kappa shape index (κ1) is 16.6. The highest BCUT2D eigenvalue weighted by atomic mass is 19.1. The summed E-state index contributed by atoms with van der Waals surface area (Å²) in [6.07, 6.45) is 0. The van der Waals surface area contributed by atoms with E-state index in [1.165, 1.54) is 48.5 Å². The molecular weight excluding hydrogens is 334 g/mol. The van der Waals surface area contributed by atoms with Crippen molar-refractivity contribution in [1.29, 1.82) is 0 Å². The van der Waals surface area contributed by atoms with Gasteiger partial charge in [0.05, 0.1) is 0 Å². The first-order valence-electron chi connectivity index (χ1n) is 7.23. The molecule has 3 aromatic rings. The summed E-state index contributed by atoms with van der Waals surface area (Å²) in [5.41, 5.74) is 0.572. The lowest BCUT2D eigenvalue weighted by molar-refractivity contribution is -0.148. The molecule has 0 bridgehead atoms. The van der Waals surface area contributed by atoms with E-state index in [-0.39, 0.29) is 30.7 Å². The SMILES string of the molecule is O=C(COc1ccc(F)cc1)OCc1nc(-c2ccc(F)cc2)no1. The van der Waals surface area contributed by atoms with Crippen LogP contribution in [0, 0.1) is 11.6 Å². The molecule has 0 N–H and O–H groups in total. The number of carbonyl (C=O) groups excluding carboxylic acids is 1. The average molecular weight is 346 g/mol. The second kappa shape index (κ2) is 7.52. The standard InChI is InChI=1S/C17H12F2N2O4/c18-12-3-1-11(2-4-12)17-20-15(25-21-17)9-24-16(22)10-23-14-7-5-13(19)6-8-14/h1-8H,9-10H2. The van der Waals surface area contributed by atoms with Crippen LogP contribution >= 0.6 is 0 Å². The molecular formula is C17H12F2N2O4. The van der Waals surface area contributed by atoms with Gasteiger partial charge < -0.3 is 14.0 Å². The van der Waals surface area contributed by atoms with Gasteiger partial charge in [-0.1, -0.05) is 5.16 Å². The third kappa shape index (κ3) is 4.60. The lowest BCUT2D eigenvalue weighted by Crippen LogP contribution is -2.14. The summed E-state index contributed by atoms with van der Waals surface area (Å²) in [5, 5.41) is 3.73. The summed E-state index contributed by atoms with van der Waals surface area (Å²) in [6, 6.07) is 10.8. The van der Waals surface area contributed by atoms with Crippen molar-refractivity contribution in [2.24, 2.45) is 0 Å². The summed E-state index contributed by atoms with van der Waals surface area (Å²) in [4.78, 5) is 15.7. The first-order chi connectivity index (χ1) is 12.1. The molecule has 8 heteroatoms. The number of aromatic nitrogens is 2. The molecule has 0 fully saturated rings. The molecule has 0 radical (unpaired) electrons. The molecule has 0 saturated heterocycles. The Hall–Kier alpha value is -3.29. The Bertz CT molecular complexity index is 848. The summed E-state index contributed by atoms with van der Waals surface area (Å²) < 4.78 is 40.7. The molecule has 2 aromatic carbocycles. The summed E-state index contributed by atoms with van der Waals surface area (Å²) in [7, 11) is 0. The van der Waals surface area contributed by atoms with E-state index in [1.807, 2.05) is 0 Å². The Morgan fingerprint density at radius 1 is 1.00 bits per heavy atom. The number of rotatable bonds is 6. The van der Waals surface area contributed by atoms with E-state index >= 15 is 0 Å². The number of esters is 1. The molecule has 0 spiro atoms. The molecule has 25 heavy (non-hydrogen) atoms. The van der Waals surface area contributed by atoms with Crippen molar-refractivity contribution in [3.63, 3.8) is 0 Å². The molecule has 3 rings (SSSR count). The third-order valence-corrected chi connectivity index (χ3v) is 3.10. The van der Waals surface area contributed by atoms with Gasteiger partial charge in [0.25, 0.3) is 5.89 Å². The maximum Gasteiger partial charge on any atom is 0.344 e. The zero-order valence-corrected chi connectivity index (χ0v) is 12.8. The minimum atomic E-state index is -0.647. The number of benzene rings is 2. The second-order valence-corrected chi connectivity index (χ2v) is 4.92. The van der Waals surface area contributed by atoms with Crippen LogP contribution in [0.1, 0.15) is 5.89 Å². The van der Waals surface area contributed by atoms with Crippen LogP contribution in [0.4, 0.5) is 8.78 Å². The number of hydrogen-bond acceptors (Lipinski definition) is 6. The molecule has 0 aliphatic carbocycles. The minimum Gasteiger partial charge on any atom is -0.482 e. The van der Waals surface area contributed by atoms with Gasteiger partial charge in [0.2, 0.25) is 5.82 Å². The van der Waals surface area contributed by atoms with Gasteiger partial charge in [-0.15, -0.1) is 0 Å². The zero-order valence-electron chi connectivity index (χ0n) is 12.8.